The van der Waals surface area contributed by atoms with Crippen LogP contribution in [0.5, 0.6) is 0 Å². The summed E-state index contributed by atoms with van der Waals surface area (Å²) in [6.45, 7) is 4.82. The number of carbonyl (C=O) groups excluding carboxylic acids is 2. The summed E-state index contributed by atoms with van der Waals surface area (Å²) < 4.78 is 12.9. The zero-order valence-corrected chi connectivity index (χ0v) is 14.7. The zero-order valence-electron chi connectivity index (χ0n) is 14.7. The molecule has 1 aromatic rings. The van der Waals surface area contributed by atoms with Crippen LogP contribution < -0.4 is 10.6 Å². The SMILES string of the molecule is CCN(CC(=O)NCc1ccc(F)cc1)C(=O)C1CC12CCNCC2. The van der Waals surface area contributed by atoms with E-state index >= 15 is 0 Å². The Labute approximate surface area is 148 Å². The van der Waals surface area contributed by atoms with Gasteiger partial charge in [-0.3, -0.25) is 9.59 Å². The monoisotopic (exact) mass is 347 g/mol. The average molecular weight is 347 g/mol. The topological polar surface area (TPSA) is 61.4 Å². The molecule has 1 spiro atoms. The lowest BCUT2D eigenvalue weighted by atomic mass is 9.91. The van der Waals surface area contributed by atoms with Crippen molar-refractivity contribution >= 4 is 11.8 Å². The number of rotatable bonds is 6. The molecule has 25 heavy (non-hydrogen) atoms. The van der Waals surface area contributed by atoms with E-state index < -0.39 is 0 Å². The quantitative estimate of drug-likeness (QED) is 0.823. The van der Waals surface area contributed by atoms with E-state index in [1.165, 1.54) is 12.1 Å². The molecule has 2 aliphatic rings. The van der Waals surface area contributed by atoms with Crippen molar-refractivity contribution in [1.29, 1.82) is 0 Å². The van der Waals surface area contributed by atoms with Crippen LogP contribution in [0.3, 0.4) is 0 Å². The summed E-state index contributed by atoms with van der Waals surface area (Å²) in [6.07, 6.45) is 3.07. The molecular formula is C19H26FN3O2. The predicted octanol–water partition coefficient (Wildman–Crippen LogP) is 1.68. The summed E-state index contributed by atoms with van der Waals surface area (Å²) in [5.41, 5.74) is 1.01. The van der Waals surface area contributed by atoms with Crippen LogP contribution in [0.4, 0.5) is 4.39 Å². The maximum absolute atomic E-state index is 12.9. The summed E-state index contributed by atoms with van der Waals surface area (Å²) >= 11 is 0. The Bertz CT molecular complexity index is 626. The Morgan fingerprint density at radius 3 is 2.60 bits per heavy atom. The van der Waals surface area contributed by atoms with Gasteiger partial charge in [-0.15, -0.1) is 0 Å². The molecule has 1 aliphatic carbocycles. The molecule has 0 aromatic heterocycles. The van der Waals surface area contributed by atoms with Crippen LogP contribution >= 0.6 is 0 Å². The first-order chi connectivity index (χ1) is 12.0. The third-order valence-electron chi connectivity index (χ3n) is 5.52. The van der Waals surface area contributed by atoms with E-state index in [4.69, 9.17) is 0 Å². The molecule has 2 N–H and O–H groups in total. The molecule has 5 nitrogen and oxygen atoms in total. The normalized spacial score (nSPS) is 21.0. The summed E-state index contributed by atoms with van der Waals surface area (Å²) in [6, 6.07) is 6.02. The number of carbonyl (C=O) groups is 2. The first-order valence-electron chi connectivity index (χ1n) is 9.05. The van der Waals surface area contributed by atoms with Gasteiger partial charge in [-0.1, -0.05) is 12.1 Å². The Kier molecular flexibility index (Phi) is 5.37. The molecular weight excluding hydrogens is 321 g/mol. The number of piperidine rings is 1. The molecule has 136 valence electrons. The minimum Gasteiger partial charge on any atom is -0.350 e. The molecule has 1 saturated heterocycles. The highest BCUT2D eigenvalue weighted by Gasteiger charge is 2.58. The largest absolute Gasteiger partial charge is 0.350 e. The fraction of sp³-hybridized carbons (Fsp3) is 0.579. The van der Waals surface area contributed by atoms with Gasteiger partial charge >= 0.3 is 0 Å². The van der Waals surface area contributed by atoms with Crippen molar-refractivity contribution in [1.82, 2.24) is 15.5 Å². The van der Waals surface area contributed by atoms with Crippen molar-refractivity contribution in [2.45, 2.75) is 32.7 Å². The first-order valence-corrected chi connectivity index (χ1v) is 9.05. The lowest BCUT2D eigenvalue weighted by Crippen LogP contribution is -2.42. The van der Waals surface area contributed by atoms with Gasteiger partial charge in [0.2, 0.25) is 11.8 Å². The molecule has 2 amide bonds. The number of hydrogen-bond acceptors (Lipinski definition) is 3. The predicted molar refractivity (Wildman–Crippen MR) is 93.1 cm³/mol. The summed E-state index contributed by atoms with van der Waals surface area (Å²) in [5, 5.41) is 6.14. The van der Waals surface area contributed by atoms with Crippen molar-refractivity contribution in [3.8, 4) is 0 Å². The van der Waals surface area contributed by atoms with Gasteiger partial charge in [0.15, 0.2) is 0 Å². The average Bonchev–Trinajstić information content (AvgIpc) is 3.32. The second-order valence-corrected chi connectivity index (χ2v) is 7.12. The maximum Gasteiger partial charge on any atom is 0.239 e. The highest BCUT2D eigenvalue weighted by Crippen LogP contribution is 2.59. The second kappa shape index (κ2) is 7.52. The standard InChI is InChI=1S/C19H26FN3O2/c1-2-23(18(25)16-11-19(16)7-9-21-10-8-19)13-17(24)22-12-14-3-5-15(20)6-4-14/h3-6,16,21H,2,7-13H2,1H3,(H,22,24). The van der Waals surface area contributed by atoms with E-state index in [1.807, 2.05) is 6.92 Å². The number of nitrogens with one attached hydrogen (secondary N) is 2. The number of amides is 2. The first kappa shape index (κ1) is 17.9. The molecule has 0 bridgehead atoms. The van der Waals surface area contributed by atoms with Gasteiger partial charge in [-0.05, 0) is 62.4 Å². The smallest absolute Gasteiger partial charge is 0.239 e. The molecule has 1 aliphatic heterocycles. The minimum absolute atomic E-state index is 0.0828. The van der Waals surface area contributed by atoms with Crippen molar-refractivity contribution in [3.63, 3.8) is 0 Å². The fourth-order valence-electron chi connectivity index (χ4n) is 3.77. The number of benzene rings is 1. The zero-order chi connectivity index (χ0) is 17.9. The number of hydrogen-bond donors (Lipinski definition) is 2. The van der Waals surface area contributed by atoms with Gasteiger partial charge in [0.1, 0.15) is 5.82 Å². The van der Waals surface area contributed by atoms with Gasteiger partial charge in [0, 0.05) is 19.0 Å². The highest BCUT2D eigenvalue weighted by molar-refractivity contribution is 5.88. The van der Waals surface area contributed by atoms with E-state index in [9.17, 15) is 14.0 Å². The molecule has 1 saturated carbocycles. The molecule has 1 heterocycles. The second-order valence-electron chi connectivity index (χ2n) is 7.12. The van der Waals surface area contributed by atoms with Crippen LogP contribution in [0.2, 0.25) is 0 Å². The van der Waals surface area contributed by atoms with Crippen LogP contribution in [-0.4, -0.2) is 42.9 Å². The lowest BCUT2D eigenvalue weighted by molar-refractivity contribution is -0.137. The fourth-order valence-corrected chi connectivity index (χ4v) is 3.77. The van der Waals surface area contributed by atoms with E-state index in [2.05, 4.69) is 10.6 Å². The Balaban J connectivity index is 1.48. The van der Waals surface area contributed by atoms with Crippen molar-refractivity contribution in [2.24, 2.45) is 11.3 Å². The molecule has 0 radical (unpaired) electrons. The van der Waals surface area contributed by atoms with Crippen LogP contribution in [0.25, 0.3) is 0 Å². The van der Waals surface area contributed by atoms with Gasteiger partial charge < -0.3 is 15.5 Å². The number of nitrogens with zero attached hydrogens (tertiary/aromatic N) is 1. The van der Waals surface area contributed by atoms with Crippen LogP contribution in [0.15, 0.2) is 24.3 Å². The molecule has 1 unspecified atom stereocenters. The molecule has 6 heteroatoms. The minimum atomic E-state index is -0.297. The Morgan fingerprint density at radius 1 is 1.28 bits per heavy atom. The van der Waals surface area contributed by atoms with Gasteiger partial charge in [-0.25, -0.2) is 4.39 Å². The van der Waals surface area contributed by atoms with Crippen LogP contribution in [0.1, 0.15) is 31.7 Å². The lowest BCUT2D eigenvalue weighted by Gasteiger charge is -2.26. The summed E-state index contributed by atoms with van der Waals surface area (Å²) in [5.74, 6) is -0.283. The molecule has 2 fully saturated rings. The maximum atomic E-state index is 12.9. The van der Waals surface area contributed by atoms with Gasteiger partial charge in [0.05, 0.1) is 6.54 Å². The third-order valence-corrected chi connectivity index (χ3v) is 5.52. The third kappa shape index (κ3) is 4.18. The number of likely N-dealkylation sites (N-methyl/N-ethyl adjacent to an activating group) is 1. The van der Waals surface area contributed by atoms with Crippen LogP contribution in [0, 0.1) is 17.2 Å². The highest BCUT2D eigenvalue weighted by atomic mass is 19.1. The van der Waals surface area contributed by atoms with Crippen molar-refractivity contribution < 1.29 is 14.0 Å². The Morgan fingerprint density at radius 2 is 1.96 bits per heavy atom. The summed E-state index contributed by atoms with van der Waals surface area (Å²) in [4.78, 5) is 26.6. The van der Waals surface area contributed by atoms with Gasteiger partial charge in [-0.2, -0.15) is 0 Å². The summed E-state index contributed by atoms with van der Waals surface area (Å²) in [7, 11) is 0. The number of halogens is 1. The van der Waals surface area contributed by atoms with Crippen molar-refractivity contribution in [3.05, 3.63) is 35.6 Å². The van der Waals surface area contributed by atoms with E-state index in [-0.39, 0.29) is 35.5 Å². The molecule has 1 atom stereocenters. The van der Waals surface area contributed by atoms with E-state index in [0.717, 1.165) is 37.9 Å². The van der Waals surface area contributed by atoms with Gasteiger partial charge in [0.25, 0.3) is 0 Å². The van der Waals surface area contributed by atoms with E-state index in [0.29, 0.717) is 13.1 Å². The van der Waals surface area contributed by atoms with Crippen LogP contribution in [-0.2, 0) is 16.1 Å². The van der Waals surface area contributed by atoms with Crippen molar-refractivity contribution in [2.75, 3.05) is 26.2 Å². The van der Waals surface area contributed by atoms with E-state index in [1.54, 1.807) is 17.0 Å². The molecule has 1 aromatic carbocycles. The Hall–Kier alpha value is -1.95. The molecule has 3 rings (SSSR count).